The molecular weight excluding hydrogens is 368 g/mol. The van der Waals surface area contributed by atoms with Gasteiger partial charge in [0.15, 0.2) is 12.4 Å². The monoisotopic (exact) mass is 384 g/mol. The summed E-state index contributed by atoms with van der Waals surface area (Å²) in [5.74, 6) is -0.783. The molecule has 2 heterocycles. The number of benzene rings is 1. The van der Waals surface area contributed by atoms with Gasteiger partial charge in [-0.2, -0.15) is 0 Å². The van der Waals surface area contributed by atoms with Gasteiger partial charge in [0, 0.05) is 16.7 Å². The van der Waals surface area contributed by atoms with Crippen molar-refractivity contribution in [1.29, 1.82) is 0 Å². The number of hydrogen-bond donors (Lipinski definition) is 0. The van der Waals surface area contributed by atoms with Crippen molar-refractivity contribution in [3.63, 3.8) is 0 Å². The molecule has 0 fully saturated rings. The Hall–Kier alpha value is -2.51. The van der Waals surface area contributed by atoms with Crippen LogP contribution in [0.2, 0.25) is 0 Å². The smallest absolute Gasteiger partial charge is 0.350 e. The molecule has 0 aliphatic rings. The first-order chi connectivity index (χ1) is 12.6. The predicted octanol–water partition coefficient (Wildman–Crippen LogP) is 4.28. The van der Waals surface area contributed by atoms with Gasteiger partial charge in [-0.3, -0.25) is 9.78 Å². The lowest BCUT2D eigenvalue weighted by molar-refractivity contribution is 0.0478. The molecule has 7 heteroatoms. The summed E-state index contributed by atoms with van der Waals surface area (Å²) in [4.78, 5) is 34.6. The molecule has 0 N–H and O–H groups in total. The topological polar surface area (TPSA) is 69.2 Å². The Morgan fingerprint density at radius 1 is 1.15 bits per heavy atom. The highest BCUT2D eigenvalue weighted by Gasteiger charge is 2.19. The van der Waals surface area contributed by atoms with Gasteiger partial charge >= 0.3 is 5.97 Å². The molecule has 0 aliphatic heterocycles. The SMILES string of the molecule is CSc1ccc(C(=O)COC(=O)c2sc(-c3ccccn3)nc2C)cc1. The van der Waals surface area contributed by atoms with Gasteiger partial charge in [-0.15, -0.1) is 23.1 Å². The van der Waals surface area contributed by atoms with Crippen LogP contribution in [-0.4, -0.2) is 34.6 Å². The van der Waals surface area contributed by atoms with Crippen LogP contribution >= 0.6 is 23.1 Å². The van der Waals surface area contributed by atoms with Crippen molar-refractivity contribution in [2.24, 2.45) is 0 Å². The van der Waals surface area contributed by atoms with Crippen molar-refractivity contribution in [1.82, 2.24) is 9.97 Å². The number of hydrogen-bond acceptors (Lipinski definition) is 7. The molecule has 3 rings (SSSR count). The molecule has 1 aromatic carbocycles. The van der Waals surface area contributed by atoms with Gasteiger partial charge < -0.3 is 4.74 Å². The number of esters is 1. The third-order valence-corrected chi connectivity index (χ3v) is 5.52. The maximum atomic E-state index is 12.3. The van der Waals surface area contributed by atoms with Crippen molar-refractivity contribution in [3.05, 3.63) is 64.8 Å². The molecule has 5 nitrogen and oxygen atoms in total. The Bertz CT molecular complexity index is 922. The third kappa shape index (κ3) is 4.17. The molecule has 0 aliphatic carbocycles. The minimum absolute atomic E-state index is 0.238. The standard InChI is InChI=1S/C19H16N2O3S2/c1-12-17(26-18(21-12)15-5-3-4-10-20-15)19(23)24-11-16(22)13-6-8-14(25-2)9-7-13/h3-10H,11H2,1-2H3. The van der Waals surface area contributed by atoms with E-state index in [4.69, 9.17) is 4.74 Å². The molecule has 26 heavy (non-hydrogen) atoms. The Labute approximate surface area is 159 Å². The number of thioether (sulfide) groups is 1. The van der Waals surface area contributed by atoms with Crippen LogP contribution in [0, 0.1) is 6.92 Å². The minimum Gasteiger partial charge on any atom is -0.453 e. The number of nitrogens with zero attached hydrogens (tertiary/aromatic N) is 2. The quantitative estimate of drug-likeness (QED) is 0.359. The summed E-state index contributed by atoms with van der Waals surface area (Å²) in [5.41, 5.74) is 1.79. The van der Waals surface area contributed by atoms with Gasteiger partial charge in [0.2, 0.25) is 0 Å². The molecule has 0 unspecified atom stereocenters. The minimum atomic E-state index is -0.545. The summed E-state index contributed by atoms with van der Waals surface area (Å²) in [6.07, 6.45) is 3.64. The van der Waals surface area contributed by atoms with E-state index in [1.54, 1.807) is 37.0 Å². The van der Waals surface area contributed by atoms with E-state index in [9.17, 15) is 9.59 Å². The summed E-state index contributed by atoms with van der Waals surface area (Å²) >= 11 is 2.81. The number of rotatable bonds is 6. The zero-order valence-electron chi connectivity index (χ0n) is 14.3. The number of aryl methyl sites for hydroxylation is 1. The first-order valence-corrected chi connectivity index (χ1v) is 9.86. The predicted molar refractivity (Wildman–Crippen MR) is 103 cm³/mol. The van der Waals surface area contributed by atoms with Crippen LogP contribution < -0.4 is 0 Å². The molecule has 132 valence electrons. The van der Waals surface area contributed by atoms with Crippen LogP contribution in [0.15, 0.2) is 53.6 Å². The van der Waals surface area contributed by atoms with Gasteiger partial charge in [0.25, 0.3) is 0 Å². The normalized spacial score (nSPS) is 10.5. The number of pyridine rings is 1. The average molecular weight is 384 g/mol. The number of aromatic nitrogens is 2. The van der Waals surface area contributed by atoms with Crippen LogP contribution in [0.3, 0.4) is 0 Å². The van der Waals surface area contributed by atoms with Gasteiger partial charge in [0.1, 0.15) is 9.88 Å². The maximum Gasteiger partial charge on any atom is 0.350 e. The molecule has 0 atom stereocenters. The van der Waals surface area contributed by atoms with E-state index < -0.39 is 5.97 Å². The van der Waals surface area contributed by atoms with Gasteiger partial charge in [-0.1, -0.05) is 18.2 Å². The molecule has 0 amide bonds. The van der Waals surface area contributed by atoms with Gasteiger partial charge in [-0.05, 0) is 37.4 Å². The molecule has 0 saturated carbocycles. The summed E-state index contributed by atoms with van der Waals surface area (Å²) in [7, 11) is 0. The molecule has 3 aromatic rings. The van der Waals surface area contributed by atoms with E-state index in [0.717, 1.165) is 4.90 Å². The number of thiazole rings is 1. The van der Waals surface area contributed by atoms with E-state index in [2.05, 4.69) is 9.97 Å². The zero-order valence-corrected chi connectivity index (χ0v) is 15.9. The highest BCUT2D eigenvalue weighted by Crippen LogP contribution is 2.27. The fourth-order valence-electron chi connectivity index (χ4n) is 2.24. The molecule has 0 bridgehead atoms. The van der Waals surface area contributed by atoms with Crippen molar-refractivity contribution in [2.45, 2.75) is 11.8 Å². The molecule has 0 saturated heterocycles. The van der Waals surface area contributed by atoms with Crippen LogP contribution in [0.5, 0.6) is 0 Å². The fraction of sp³-hybridized carbons (Fsp3) is 0.158. The van der Waals surface area contributed by atoms with Crippen molar-refractivity contribution >= 4 is 34.9 Å². The summed E-state index contributed by atoms with van der Waals surface area (Å²) in [5, 5.41) is 0.647. The molecule has 2 aromatic heterocycles. The molecule has 0 radical (unpaired) electrons. The van der Waals surface area contributed by atoms with Crippen LogP contribution in [0.1, 0.15) is 25.7 Å². The largest absolute Gasteiger partial charge is 0.453 e. The molecular formula is C19H16N2O3S2. The summed E-state index contributed by atoms with van der Waals surface area (Å²) in [6, 6.07) is 12.7. The first kappa shape index (κ1) is 18.3. The highest BCUT2D eigenvalue weighted by atomic mass is 32.2. The van der Waals surface area contributed by atoms with Crippen molar-refractivity contribution in [2.75, 3.05) is 12.9 Å². The van der Waals surface area contributed by atoms with Gasteiger partial charge in [0.05, 0.1) is 11.4 Å². The summed E-state index contributed by atoms with van der Waals surface area (Å²) in [6.45, 7) is 1.44. The lowest BCUT2D eigenvalue weighted by atomic mass is 10.1. The Balaban J connectivity index is 1.66. The van der Waals surface area contributed by atoms with E-state index in [1.165, 1.54) is 11.3 Å². The fourth-order valence-corrected chi connectivity index (χ4v) is 3.59. The van der Waals surface area contributed by atoms with Gasteiger partial charge in [-0.25, -0.2) is 9.78 Å². The summed E-state index contributed by atoms with van der Waals surface area (Å²) < 4.78 is 5.19. The number of carbonyl (C=O) groups excluding carboxylic acids is 2. The lowest BCUT2D eigenvalue weighted by Gasteiger charge is -2.04. The number of ketones is 1. The number of Topliss-reactive ketones (excluding diaryl/α,β-unsaturated/α-hetero) is 1. The zero-order chi connectivity index (χ0) is 18.5. The first-order valence-electron chi connectivity index (χ1n) is 7.81. The average Bonchev–Trinajstić information content (AvgIpc) is 3.08. The maximum absolute atomic E-state index is 12.3. The molecule has 0 spiro atoms. The van der Waals surface area contributed by atoms with Crippen LogP contribution in [0.4, 0.5) is 0 Å². The Kier molecular flexibility index (Phi) is 5.80. The van der Waals surface area contributed by atoms with Crippen LogP contribution in [-0.2, 0) is 4.74 Å². The third-order valence-electron chi connectivity index (χ3n) is 3.61. The Morgan fingerprint density at radius 3 is 2.58 bits per heavy atom. The number of ether oxygens (including phenoxy) is 1. The van der Waals surface area contributed by atoms with E-state index in [-0.39, 0.29) is 12.4 Å². The number of carbonyl (C=O) groups is 2. The van der Waals surface area contributed by atoms with Crippen molar-refractivity contribution < 1.29 is 14.3 Å². The van der Waals surface area contributed by atoms with E-state index in [0.29, 0.717) is 26.8 Å². The second kappa shape index (κ2) is 8.25. The Morgan fingerprint density at radius 2 is 1.92 bits per heavy atom. The second-order valence-corrected chi connectivity index (χ2v) is 7.26. The second-order valence-electron chi connectivity index (χ2n) is 5.38. The van der Waals surface area contributed by atoms with Crippen molar-refractivity contribution in [3.8, 4) is 10.7 Å². The van der Waals surface area contributed by atoms with E-state index >= 15 is 0 Å². The van der Waals surface area contributed by atoms with E-state index in [1.807, 2.05) is 36.6 Å². The highest BCUT2D eigenvalue weighted by molar-refractivity contribution is 7.98. The van der Waals surface area contributed by atoms with Crippen LogP contribution in [0.25, 0.3) is 10.7 Å². The lowest BCUT2D eigenvalue weighted by Crippen LogP contribution is -2.14.